The van der Waals surface area contributed by atoms with E-state index in [1.807, 2.05) is 4.90 Å². The molecular weight excluding hydrogens is 350 g/mol. The first-order chi connectivity index (χ1) is 13.1. The monoisotopic (exact) mass is 373 g/mol. The molecule has 144 valence electrons. The standard InChI is InChI=1S/C18H23N5O4/c1-12-15(21-11-27-12)17(25)22-7-4-18(5-8-22)16-13(19-10-20-16)3-6-23(18)14(24)9-26-2/h10-11H,3-9H2,1-2H3,(H,19,20). The summed E-state index contributed by atoms with van der Waals surface area (Å²) in [6.45, 7) is 3.44. The van der Waals surface area contributed by atoms with Crippen LogP contribution in [0.2, 0.25) is 0 Å². The molecule has 1 saturated heterocycles. The molecule has 0 radical (unpaired) electrons. The van der Waals surface area contributed by atoms with E-state index in [4.69, 9.17) is 9.15 Å². The van der Waals surface area contributed by atoms with Crippen LogP contribution in [0.5, 0.6) is 0 Å². The van der Waals surface area contributed by atoms with Crippen molar-refractivity contribution in [3.8, 4) is 0 Å². The Hall–Kier alpha value is -2.68. The summed E-state index contributed by atoms with van der Waals surface area (Å²) in [6, 6.07) is 0. The molecule has 27 heavy (non-hydrogen) atoms. The van der Waals surface area contributed by atoms with Crippen LogP contribution in [0.1, 0.15) is 40.5 Å². The van der Waals surface area contributed by atoms with Crippen LogP contribution in [0, 0.1) is 6.92 Å². The summed E-state index contributed by atoms with van der Waals surface area (Å²) >= 11 is 0. The number of amides is 2. The van der Waals surface area contributed by atoms with Crippen LogP contribution >= 0.6 is 0 Å². The van der Waals surface area contributed by atoms with E-state index >= 15 is 0 Å². The number of fused-ring (bicyclic) bond motifs is 2. The van der Waals surface area contributed by atoms with Gasteiger partial charge in [-0.2, -0.15) is 0 Å². The van der Waals surface area contributed by atoms with Crippen molar-refractivity contribution >= 4 is 11.8 Å². The maximum absolute atomic E-state index is 12.7. The number of rotatable bonds is 3. The van der Waals surface area contributed by atoms with Crippen molar-refractivity contribution in [3.63, 3.8) is 0 Å². The lowest BCUT2D eigenvalue weighted by atomic mass is 9.78. The summed E-state index contributed by atoms with van der Waals surface area (Å²) in [5, 5.41) is 0. The molecule has 1 fully saturated rings. The third-order valence-electron chi connectivity index (χ3n) is 5.66. The second-order valence-corrected chi connectivity index (χ2v) is 7.04. The highest BCUT2D eigenvalue weighted by Crippen LogP contribution is 2.42. The van der Waals surface area contributed by atoms with E-state index in [9.17, 15) is 9.59 Å². The van der Waals surface area contributed by atoms with Gasteiger partial charge >= 0.3 is 0 Å². The number of methoxy groups -OCH3 is 1. The van der Waals surface area contributed by atoms with Crippen molar-refractivity contribution in [1.82, 2.24) is 24.8 Å². The van der Waals surface area contributed by atoms with E-state index in [0.717, 1.165) is 17.8 Å². The summed E-state index contributed by atoms with van der Waals surface area (Å²) in [6.07, 6.45) is 4.97. The molecule has 9 nitrogen and oxygen atoms in total. The van der Waals surface area contributed by atoms with E-state index in [2.05, 4.69) is 15.0 Å². The Morgan fingerprint density at radius 2 is 2.07 bits per heavy atom. The van der Waals surface area contributed by atoms with Crippen molar-refractivity contribution in [2.45, 2.75) is 31.7 Å². The zero-order chi connectivity index (χ0) is 19.0. The molecule has 2 aliphatic rings. The molecule has 2 aromatic rings. The number of likely N-dealkylation sites (tertiary alicyclic amines) is 1. The van der Waals surface area contributed by atoms with E-state index in [1.54, 1.807) is 18.2 Å². The van der Waals surface area contributed by atoms with Gasteiger partial charge in [-0.1, -0.05) is 0 Å². The molecule has 1 spiro atoms. The first kappa shape index (κ1) is 17.7. The molecule has 2 aromatic heterocycles. The molecule has 2 aliphatic heterocycles. The Labute approximate surface area is 156 Å². The van der Waals surface area contributed by atoms with Gasteiger partial charge in [0.25, 0.3) is 5.91 Å². The predicted octanol–water partition coefficient (Wildman–Crippen LogP) is 0.869. The summed E-state index contributed by atoms with van der Waals surface area (Å²) in [7, 11) is 1.52. The van der Waals surface area contributed by atoms with Crippen LogP contribution < -0.4 is 0 Å². The fraction of sp³-hybridized carbons (Fsp3) is 0.556. The fourth-order valence-electron chi connectivity index (χ4n) is 4.29. The number of aromatic amines is 1. The Morgan fingerprint density at radius 1 is 1.30 bits per heavy atom. The third-order valence-corrected chi connectivity index (χ3v) is 5.66. The molecule has 0 aromatic carbocycles. The molecular formula is C18H23N5O4. The van der Waals surface area contributed by atoms with Crippen LogP contribution in [0.4, 0.5) is 0 Å². The Balaban J connectivity index is 1.59. The van der Waals surface area contributed by atoms with Gasteiger partial charge in [0.1, 0.15) is 12.4 Å². The van der Waals surface area contributed by atoms with Gasteiger partial charge in [-0.25, -0.2) is 9.97 Å². The number of carbonyl (C=O) groups excluding carboxylic acids is 2. The van der Waals surface area contributed by atoms with Crippen LogP contribution in [-0.2, 0) is 21.5 Å². The summed E-state index contributed by atoms with van der Waals surface area (Å²) in [5.74, 6) is 0.339. The van der Waals surface area contributed by atoms with Crippen molar-refractivity contribution in [3.05, 3.63) is 35.6 Å². The number of oxazole rings is 1. The molecule has 2 amide bonds. The number of carbonyl (C=O) groups is 2. The number of ether oxygens (including phenoxy) is 1. The van der Waals surface area contributed by atoms with E-state index in [-0.39, 0.29) is 18.4 Å². The van der Waals surface area contributed by atoms with Crippen molar-refractivity contribution in [2.24, 2.45) is 0 Å². The topological polar surface area (TPSA) is 105 Å². The largest absolute Gasteiger partial charge is 0.448 e. The second-order valence-electron chi connectivity index (χ2n) is 7.04. The van der Waals surface area contributed by atoms with E-state index < -0.39 is 5.54 Å². The minimum atomic E-state index is -0.501. The average Bonchev–Trinajstić information content (AvgIpc) is 3.31. The van der Waals surface area contributed by atoms with E-state index in [1.165, 1.54) is 13.5 Å². The maximum Gasteiger partial charge on any atom is 0.276 e. The van der Waals surface area contributed by atoms with Crippen LogP contribution in [-0.4, -0.2) is 69.9 Å². The second kappa shape index (κ2) is 6.80. The van der Waals surface area contributed by atoms with Crippen molar-refractivity contribution < 1.29 is 18.7 Å². The molecule has 9 heteroatoms. The smallest absolute Gasteiger partial charge is 0.276 e. The maximum atomic E-state index is 12.7. The quantitative estimate of drug-likeness (QED) is 0.856. The highest BCUT2D eigenvalue weighted by molar-refractivity contribution is 5.93. The van der Waals surface area contributed by atoms with Gasteiger partial charge in [-0.15, -0.1) is 0 Å². The highest BCUT2D eigenvalue weighted by Gasteiger charge is 2.49. The lowest BCUT2D eigenvalue weighted by molar-refractivity contribution is -0.145. The number of nitrogens with one attached hydrogen (secondary N) is 1. The Bertz CT molecular complexity index is 850. The molecule has 0 aliphatic carbocycles. The van der Waals surface area contributed by atoms with Gasteiger partial charge in [-0.05, 0) is 19.8 Å². The minimum Gasteiger partial charge on any atom is -0.448 e. The molecule has 4 rings (SSSR count). The lowest BCUT2D eigenvalue weighted by Gasteiger charge is -2.50. The number of hydrogen-bond acceptors (Lipinski definition) is 6. The van der Waals surface area contributed by atoms with Gasteiger partial charge in [-0.3, -0.25) is 9.59 Å². The fourth-order valence-corrected chi connectivity index (χ4v) is 4.29. The number of H-pyrrole nitrogens is 1. The zero-order valence-electron chi connectivity index (χ0n) is 15.5. The van der Waals surface area contributed by atoms with Crippen molar-refractivity contribution in [1.29, 1.82) is 0 Å². The average molecular weight is 373 g/mol. The zero-order valence-corrected chi connectivity index (χ0v) is 15.5. The van der Waals surface area contributed by atoms with Gasteiger partial charge in [0.15, 0.2) is 12.1 Å². The normalized spacial score (nSPS) is 18.6. The molecule has 4 heterocycles. The van der Waals surface area contributed by atoms with Crippen LogP contribution in [0.25, 0.3) is 0 Å². The lowest BCUT2D eigenvalue weighted by Crippen LogP contribution is -2.59. The SMILES string of the molecule is COCC(=O)N1CCc2[nH]cnc2C12CCN(C(=O)c1ncoc1C)CC2. The van der Waals surface area contributed by atoms with Crippen LogP contribution in [0.15, 0.2) is 17.1 Å². The van der Waals surface area contributed by atoms with Gasteiger partial charge in [0.05, 0.1) is 17.6 Å². The van der Waals surface area contributed by atoms with Crippen molar-refractivity contribution in [2.75, 3.05) is 33.4 Å². The summed E-state index contributed by atoms with van der Waals surface area (Å²) < 4.78 is 10.2. The number of aryl methyl sites for hydroxylation is 1. The van der Waals surface area contributed by atoms with E-state index in [0.29, 0.717) is 43.9 Å². The number of imidazole rings is 1. The molecule has 1 N–H and O–H groups in total. The molecule has 0 bridgehead atoms. The van der Waals surface area contributed by atoms with Gasteiger partial charge in [0, 0.05) is 38.9 Å². The highest BCUT2D eigenvalue weighted by atomic mass is 16.5. The predicted molar refractivity (Wildman–Crippen MR) is 93.9 cm³/mol. The Morgan fingerprint density at radius 3 is 2.74 bits per heavy atom. The number of nitrogens with zero attached hydrogens (tertiary/aromatic N) is 4. The first-order valence-corrected chi connectivity index (χ1v) is 9.08. The minimum absolute atomic E-state index is 0.0433. The Kier molecular flexibility index (Phi) is 4.47. The number of aromatic nitrogens is 3. The first-order valence-electron chi connectivity index (χ1n) is 9.08. The number of piperidine rings is 1. The summed E-state index contributed by atoms with van der Waals surface area (Å²) in [5.41, 5.74) is 1.84. The van der Waals surface area contributed by atoms with Gasteiger partial charge in [0.2, 0.25) is 5.91 Å². The summed E-state index contributed by atoms with van der Waals surface area (Å²) in [4.78, 5) is 40.9. The molecule has 0 atom stereocenters. The molecule has 0 saturated carbocycles. The third kappa shape index (κ3) is 2.82. The van der Waals surface area contributed by atoms with Gasteiger partial charge < -0.3 is 23.9 Å². The van der Waals surface area contributed by atoms with Crippen LogP contribution in [0.3, 0.4) is 0 Å². The number of hydrogen-bond donors (Lipinski definition) is 1. The molecule has 0 unspecified atom stereocenters.